The van der Waals surface area contributed by atoms with Crippen molar-refractivity contribution < 1.29 is 18.9 Å². The monoisotopic (exact) mass is 594 g/mol. The molecule has 0 fully saturated rings. The van der Waals surface area contributed by atoms with Crippen LogP contribution in [0.1, 0.15) is 77.6 Å². The Balaban J connectivity index is 0.000000197. The standard InChI is InChI=1S/C21H25.C9H7.C3H6.2ClH.Zr/c1-20(2,3)16-7-9-18-14(12-16)11-15-13-17(21(4,5)6)8-10-19(15)18;1-2-5-9-7-3-6-8(9)4-1;1-3-2;;;/h7-10,12H,11H2,1-6H3;1-7H;1-2H3;2*1H;/q2*-1;;;;+2/p-2. The van der Waals surface area contributed by atoms with Gasteiger partial charge < -0.3 is 0 Å². The molecule has 190 valence electrons. The summed E-state index contributed by atoms with van der Waals surface area (Å²) in [7, 11) is 11.1. The second-order valence-corrected chi connectivity index (χ2v) is 21.1. The Kier molecular flexibility index (Phi) is 9.71. The van der Waals surface area contributed by atoms with Crippen LogP contribution in [-0.4, -0.2) is 3.21 Å². The second kappa shape index (κ2) is 12.0. The van der Waals surface area contributed by atoms with Gasteiger partial charge in [0.25, 0.3) is 0 Å². The molecule has 3 heteroatoms. The molecule has 0 aliphatic heterocycles. The van der Waals surface area contributed by atoms with E-state index < -0.39 is 18.9 Å². The van der Waals surface area contributed by atoms with Gasteiger partial charge in [0.1, 0.15) is 0 Å². The van der Waals surface area contributed by atoms with Crippen molar-refractivity contribution in [1.82, 2.24) is 0 Å². The summed E-state index contributed by atoms with van der Waals surface area (Å²) in [6.07, 6.45) is 1.03. The fraction of sp³-hybridized carbons (Fsp3) is 0.333. The first-order chi connectivity index (χ1) is 16.8. The molecule has 4 aromatic rings. The first-order valence-electron chi connectivity index (χ1n) is 12.6. The smallest absolute Gasteiger partial charge is 0.0809 e. The van der Waals surface area contributed by atoms with Crippen LogP contribution >= 0.6 is 17.0 Å². The summed E-state index contributed by atoms with van der Waals surface area (Å²) in [6, 6.07) is 29.8. The summed E-state index contributed by atoms with van der Waals surface area (Å²) in [5.41, 5.74) is 8.70. The normalized spacial score (nSPS) is 12.1. The number of benzene rings is 3. The van der Waals surface area contributed by atoms with E-state index in [0.29, 0.717) is 0 Å². The molecule has 0 saturated heterocycles. The predicted molar refractivity (Wildman–Crippen MR) is 159 cm³/mol. The maximum Gasteiger partial charge on any atom is -0.0809 e. The first-order valence-corrected chi connectivity index (χ1v) is 20.1. The van der Waals surface area contributed by atoms with Gasteiger partial charge in [-0.05, 0) is 28.4 Å². The third-order valence-corrected chi connectivity index (χ3v) is 12.7. The molecule has 0 atom stereocenters. The molecule has 36 heavy (non-hydrogen) atoms. The molecule has 0 saturated carbocycles. The SMILES string of the molecule is CC(C)(C)c1[c-]c2c(cc1)-c1ccc(C(C)(C)C)cc1C2.C[C](C)=[Zr]([Cl])[Cl].c1ccc2[cH-]ccc2c1. The second-order valence-electron chi connectivity index (χ2n) is 11.7. The van der Waals surface area contributed by atoms with Crippen molar-refractivity contribution in [3.8, 4) is 11.1 Å². The summed E-state index contributed by atoms with van der Waals surface area (Å²) in [5, 5.41) is 2.66. The van der Waals surface area contributed by atoms with Gasteiger partial charge in [0.05, 0.1) is 0 Å². The van der Waals surface area contributed by atoms with Crippen molar-refractivity contribution in [2.75, 3.05) is 0 Å². The zero-order valence-corrected chi connectivity index (χ0v) is 26.9. The molecule has 4 aromatic carbocycles. The maximum absolute atomic E-state index is 5.54. The van der Waals surface area contributed by atoms with E-state index >= 15 is 0 Å². The number of rotatable bonds is 0. The minimum atomic E-state index is -1.84. The zero-order chi connectivity index (χ0) is 26.7. The van der Waals surface area contributed by atoms with Gasteiger partial charge in [0, 0.05) is 0 Å². The quantitative estimate of drug-likeness (QED) is 0.156. The summed E-state index contributed by atoms with van der Waals surface area (Å²) >= 11 is -1.84. The average Bonchev–Trinajstić information content (AvgIpc) is 3.42. The van der Waals surface area contributed by atoms with Crippen LogP contribution in [0, 0.1) is 6.07 Å². The van der Waals surface area contributed by atoms with Gasteiger partial charge in [-0.3, -0.25) is 0 Å². The molecule has 0 nitrogen and oxygen atoms in total. The van der Waals surface area contributed by atoms with Gasteiger partial charge in [-0.1, -0.05) is 71.4 Å². The van der Waals surface area contributed by atoms with Gasteiger partial charge in [-0.2, -0.15) is 41.3 Å². The van der Waals surface area contributed by atoms with Gasteiger partial charge in [-0.15, -0.1) is 40.8 Å². The van der Waals surface area contributed by atoms with Crippen molar-refractivity contribution in [2.45, 2.75) is 72.6 Å². The molecule has 0 amide bonds. The maximum atomic E-state index is 5.54. The molecule has 0 radical (unpaired) electrons. The van der Waals surface area contributed by atoms with Crippen LogP contribution in [0.2, 0.25) is 0 Å². The van der Waals surface area contributed by atoms with Crippen LogP contribution in [0.5, 0.6) is 0 Å². The molecule has 0 N–H and O–H groups in total. The molecular weight excluding hydrogens is 558 g/mol. The largest absolute Gasteiger partial charge is 0.168 e. The van der Waals surface area contributed by atoms with E-state index in [-0.39, 0.29) is 10.8 Å². The van der Waals surface area contributed by atoms with Gasteiger partial charge in [0.2, 0.25) is 0 Å². The van der Waals surface area contributed by atoms with Crippen LogP contribution in [0.4, 0.5) is 0 Å². The Bertz CT molecular complexity index is 1250. The van der Waals surface area contributed by atoms with Crippen molar-refractivity contribution in [3.63, 3.8) is 0 Å². The Hall–Kier alpha value is -1.40. The first kappa shape index (κ1) is 29.2. The van der Waals surface area contributed by atoms with Gasteiger partial charge in [-0.25, -0.2) is 0 Å². The van der Waals surface area contributed by atoms with Gasteiger partial charge in [0.15, 0.2) is 0 Å². The summed E-state index contributed by atoms with van der Waals surface area (Å²) in [4.78, 5) is 0. The van der Waals surface area contributed by atoms with E-state index in [9.17, 15) is 0 Å². The summed E-state index contributed by atoms with van der Waals surface area (Å²) < 4.78 is 1.24. The third-order valence-electron chi connectivity index (χ3n) is 6.39. The number of halogens is 2. The molecule has 0 spiro atoms. The topological polar surface area (TPSA) is 0 Å². The van der Waals surface area contributed by atoms with Gasteiger partial charge >= 0.3 is 53.0 Å². The van der Waals surface area contributed by atoms with E-state index in [1.807, 2.05) is 13.8 Å². The molecular formula is C33H38Cl2Zr-2. The molecule has 1 aliphatic carbocycles. The molecule has 5 rings (SSSR count). The molecule has 0 unspecified atom stereocenters. The summed E-state index contributed by atoms with van der Waals surface area (Å²) in [5.74, 6) is 0. The van der Waals surface area contributed by atoms with Crippen molar-refractivity contribution in [1.29, 1.82) is 0 Å². The Morgan fingerprint density at radius 2 is 1.47 bits per heavy atom. The summed E-state index contributed by atoms with van der Waals surface area (Å²) in [6.45, 7) is 17.6. The molecule has 0 heterocycles. The molecule has 0 aromatic heterocycles. The van der Waals surface area contributed by atoms with Crippen LogP contribution in [0.25, 0.3) is 21.9 Å². The number of hydrogen-bond acceptors (Lipinski definition) is 0. The minimum Gasteiger partial charge on any atom is -0.168 e. The van der Waals surface area contributed by atoms with E-state index in [0.717, 1.165) is 6.42 Å². The van der Waals surface area contributed by atoms with Crippen molar-refractivity contribution in [3.05, 3.63) is 101 Å². The Morgan fingerprint density at radius 3 is 2.06 bits per heavy atom. The van der Waals surface area contributed by atoms with E-state index in [1.165, 1.54) is 47.4 Å². The molecule has 1 aliphatic rings. The van der Waals surface area contributed by atoms with E-state index in [4.69, 9.17) is 17.0 Å². The fourth-order valence-corrected chi connectivity index (χ4v) is 4.10. The minimum absolute atomic E-state index is 0.167. The zero-order valence-electron chi connectivity index (χ0n) is 22.9. The third kappa shape index (κ3) is 7.57. The predicted octanol–water partition coefficient (Wildman–Crippen LogP) is 10.3. The average molecular weight is 597 g/mol. The Labute approximate surface area is 233 Å². The van der Waals surface area contributed by atoms with E-state index in [2.05, 4.69) is 120 Å². The van der Waals surface area contributed by atoms with Crippen LogP contribution in [0.15, 0.2) is 72.8 Å². The van der Waals surface area contributed by atoms with Crippen molar-refractivity contribution >= 4 is 31.0 Å². The van der Waals surface area contributed by atoms with E-state index in [1.54, 1.807) is 0 Å². The van der Waals surface area contributed by atoms with Crippen molar-refractivity contribution in [2.24, 2.45) is 0 Å². The number of fused-ring (bicyclic) bond motifs is 4. The van der Waals surface area contributed by atoms with Crippen LogP contribution in [-0.2, 0) is 36.1 Å². The Morgan fingerprint density at radius 1 is 0.833 bits per heavy atom. The van der Waals surface area contributed by atoms with Crippen LogP contribution < -0.4 is 0 Å². The van der Waals surface area contributed by atoms with Crippen LogP contribution in [0.3, 0.4) is 0 Å². The number of hydrogen-bond donors (Lipinski definition) is 0. The molecule has 0 bridgehead atoms. The fourth-order valence-electron chi connectivity index (χ4n) is 4.10.